The van der Waals surface area contributed by atoms with Gasteiger partial charge in [0.25, 0.3) is 0 Å². The third-order valence-electron chi connectivity index (χ3n) is 2.17. The predicted octanol–water partition coefficient (Wildman–Crippen LogP) is 4.16. The lowest BCUT2D eigenvalue weighted by Gasteiger charge is -1.94. The molecule has 0 fully saturated rings. The maximum atomic E-state index is 6.01. The highest BCUT2D eigenvalue weighted by Gasteiger charge is 2.14. The van der Waals surface area contributed by atoms with Crippen LogP contribution in [0.3, 0.4) is 0 Å². The van der Waals surface area contributed by atoms with Crippen LogP contribution in [-0.2, 0) is 0 Å². The molecule has 1 aliphatic rings. The molecule has 0 unspecified atom stereocenters. The SMILES string of the molecule is CCCCSC1=N/C(=C\c2ccco2)C(Cl)=N1. The summed E-state index contributed by atoms with van der Waals surface area (Å²) in [6, 6.07) is 3.68. The van der Waals surface area contributed by atoms with Crippen molar-refractivity contribution in [3.8, 4) is 0 Å². The fraction of sp³-hybridized carbons (Fsp3) is 0.333. The van der Waals surface area contributed by atoms with Crippen LogP contribution in [0.4, 0.5) is 0 Å². The van der Waals surface area contributed by atoms with E-state index in [0.29, 0.717) is 10.9 Å². The Morgan fingerprint density at radius 3 is 3.06 bits per heavy atom. The zero-order chi connectivity index (χ0) is 12.1. The number of thioether (sulfide) groups is 1. The van der Waals surface area contributed by atoms with Gasteiger partial charge >= 0.3 is 0 Å². The Kier molecular flexibility index (Phi) is 4.45. The van der Waals surface area contributed by atoms with E-state index < -0.39 is 0 Å². The van der Waals surface area contributed by atoms with Crippen LogP contribution in [0.15, 0.2) is 38.5 Å². The minimum atomic E-state index is 0.431. The first kappa shape index (κ1) is 12.5. The summed E-state index contributed by atoms with van der Waals surface area (Å²) >= 11 is 7.65. The Bertz CT molecular complexity index is 463. The molecule has 0 aromatic carbocycles. The van der Waals surface area contributed by atoms with Gasteiger partial charge in [-0.15, -0.1) is 0 Å². The quantitative estimate of drug-likeness (QED) is 0.769. The summed E-state index contributed by atoms with van der Waals surface area (Å²) in [5.41, 5.74) is 0.667. The molecule has 0 spiro atoms. The standard InChI is InChI=1S/C12H13ClN2OS/c1-2-3-7-17-12-14-10(11(13)15-12)8-9-5-4-6-16-9/h4-6,8H,2-3,7H2,1H3/b10-8-. The van der Waals surface area contributed by atoms with Gasteiger partial charge in [0.1, 0.15) is 11.5 Å². The van der Waals surface area contributed by atoms with Crippen molar-refractivity contribution in [2.75, 3.05) is 5.75 Å². The number of nitrogens with zero attached hydrogens (tertiary/aromatic N) is 2. The highest BCUT2D eigenvalue weighted by Crippen LogP contribution is 2.22. The second-order valence-electron chi connectivity index (χ2n) is 3.54. The predicted molar refractivity (Wildman–Crippen MR) is 74.8 cm³/mol. The van der Waals surface area contributed by atoms with Crippen LogP contribution < -0.4 is 0 Å². The van der Waals surface area contributed by atoms with Crippen LogP contribution in [0.2, 0.25) is 0 Å². The third kappa shape index (κ3) is 3.48. The van der Waals surface area contributed by atoms with Gasteiger partial charge in [-0.1, -0.05) is 36.7 Å². The van der Waals surface area contributed by atoms with Crippen molar-refractivity contribution >= 4 is 39.8 Å². The summed E-state index contributed by atoms with van der Waals surface area (Å²) in [4.78, 5) is 8.57. The molecule has 3 nitrogen and oxygen atoms in total. The largest absolute Gasteiger partial charge is 0.465 e. The molecule has 1 aromatic heterocycles. The lowest BCUT2D eigenvalue weighted by atomic mass is 10.3. The zero-order valence-electron chi connectivity index (χ0n) is 9.52. The van der Waals surface area contributed by atoms with E-state index in [2.05, 4.69) is 16.9 Å². The molecule has 0 atom stereocenters. The molecule has 0 radical (unpaired) electrons. The van der Waals surface area contributed by atoms with Gasteiger partial charge in [0.2, 0.25) is 0 Å². The van der Waals surface area contributed by atoms with Crippen LogP contribution in [0.1, 0.15) is 25.5 Å². The Balaban J connectivity index is 2.04. The van der Waals surface area contributed by atoms with Gasteiger partial charge in [-0.2, -0.15) is 0 Å². The second-order valence-corrected chi connectivity index (χ2v) is 4.96. The van der Waals surface area contributed by atoms with E-state index in [4.69, 9.17) is 16.0 Å². The van der Waals surface area contributed by atoms with Crippen LogP contribution in [0.5, 0.6) is 0 Å². The summed E-state index contributed by atoms with van der Waals surface area (Å²) in [6.45, 7) is 2.16. The summed E-state index contributed by atoms with van der Waals surface area (Å²) in [7, 11) is 0. The molecule has 2 rings (SSSR count). The summed E-state index contributed by atoms with van der Waals surface area (Å²) in [5.74, 6) is 1.76. The molecular formula is C12H13ClN2OS. The molecule has 2 heterocycles. The van der Waals surface area contributed by atoms with Gasteiger partial charge in [0.15, 0.2) is 10.3 Å². The van der Waals surface area contributed by atoms with Crippen molar-refractivity contribution in [2.45, 2.75) is 19.8 Å². The van der Waals surface area contributed by atoms with E-state index in [9.17, 15) is 0 Å². The number of hydrogen-bond acceptors (Lipinski definition) is 4. The van der Waals surface area contributed by atoms with Crippen molar-refractivity contribution in [3.05, 3.63) is 29.9 Å². The first-order valence-corrected chi connectivity index (χ1v) is 6.87. The van der Waals surface area contributed by atoms with Crippen molar-refractivity contribution in [1.82, 2.24) is 0 Å². The minimum absolute atomic E-state index is 0.431. The summed E-state index contributed by atoms with van der Waals surface area (Å²) in [6.07, 6.45) is 5.74. The topological polar surface area (TPSA) is 37.9 Å². The molecule has 0 N–H and O–H groups in total. The molecule has 0 aliphatic carbocycles. The molecule has 0 saturated heterocycles. The highest BCUT2D eigenvalue weighted by atomic mass is 35.5. The smallest absolute Gasteiger partial charge is 0.189 e. The summed E-state index contributed by atoms with van der Waals surface area (Å²) in [5, 5.41) is 1.17. The second kappa shape index (κ2) is 6.07. The molecule has 1 aromatic rings. The van der Waals surface area contributed by atoms with Crippen LogP contribution in [0.25, 0.3) is 6.08 Å². The van der Waals surface area contributed by atoms with Crippen molar-refractivity contribution < 1.29 is 4.42 Å². The molecule has 90 valence electrons. The number of allylic oxidation sites excluding steroid dienone is 1. The molecule has 17 heavy (non-hydrogen) atoms. The van der Waals surface area contributed by atoms with Gasteiger partial charge in [0.05, 0.1) is 6.26 Å². The normalized spacial score (nSPS) is 17.4. The van der Waals surface area contributed by atoms with Crippen LogP contribution in [-0.4, -0.2) is 16.1 Å². The van der Waals surface area contributed by atoms with Crippen molar-refractivity contribution in [2.24, 2.45) is 9.98 Å². The average Bonchev–Trinajstić information content (AvgIpc) is 2.91. The molecule has 1 aliphatic heterocycles. The first-order valence-electron chi connectivity index (χ1n) is 5.51. The lowest BCUT2D eigenvalue weighted by molar-refractivity contribution is 0.557. The van der Waals surface area contributed by atoms with E-state index >= 15 is 0 Å². The Hall–Kier alpha value is -1.000. The number of halogens is 1. The maximum Gasteiger partial charge on any atom is 0.189 e. The van der Waals surface area contributed by atoms with E-state index in [1.54, 1.807) is 24.1 Å². The van der Waals surface area contributed by atoms with Crippen molar-refractivity contribution in [3.63, 3.8) is 0 Å². The fourth-order valence-electron chi connectivity index (χ4n) is 1.29. The fourth-order valence-corrected chi connectivity index (χ4v) is 2.45. The van der Waals surface area contributed by atoms with Gasteiger partial charge in [0, 0.05) is 11.8 Å². The summed E-state index contributed by atoms with van der Waals surface area (Å²) < 4.78 is 5.21. The van der Waals surface area contributed by atoms with Crippen LogP contribution in [0, 0.1) is 0 Å². The monoisotopic (exact) mass is 268 g/mol. The number of amidine groups is 1. The van der Waals surface area contributed by atoms with E-state index in [1.807, 2.05) is 12.1 Å². The number of furan rings is 1. The molecule has 5 heteroatoms. The zero-order valence-corrected chi connectivity index (χ0v) is 11.1. The lowest BCUT2D eigenvalue weighted by Crippen LogP contribution is -1.86. The molecule has 0 amide bonds. The molecule has 0 saturated carbocycles. The number of unbranched alkanes of at least 4 members (excludes halogenated alkanes) is 1. The molecular weight excluding hydrogens is 256 g/mol. The molecule has 0 bridgehead atoms. The number of aliphatic imine (C=N–C) groups is 2. The minimum Gasteiger partial charge on any atom is -0.465 e. The van der Waals surface area contributed by atoms with Gasteiger partial charge in [-0.05, 0) is 18.6 Å². The Labute approximate surface area is 110 Å². The number of rotatable bonds is 4. The average molecular weight is 269 g/mol. The van der Waals surface area contributed by atoms with Gasteiger partial charge in [-0.25, -0.2) is 9.98 Å². The van der Waals surface area contributed by atoms with E-state index in [0.717, 1.165) is 23.1 Å². The van der Waals surface area contributed by atoms with Gasteiger partial charge in [-0.3, -0.25) is 0 Å². The third-order valence-corrected chi connectivity index (χ3v) is 3.38. The number of hydrogen-bond donors (Lipinski definition) is 0. The maximum absolute atomic E-state index is 6.01. The first-order chi connectivity index (χ1) is 8.29. The Morgan fingerprint density at radius 2 is 2.35 bits per heavy atom. The van der Waals surface area contributed by atoms with E-state index in [1.165, 1.54) is 6.42 Å². The van der Waals surface area contributed by atoms with Crippen LogP contribution >= 0.6 is 23.4 Å². The highest BCUT2D eigenvalue weighted by molar-refractivity contribution is 8.13. The van der Waals surface area contributed by atoms with E-state index in [-0.39, 0.29) is 0 Å². The van der Waals surface area contributed by atoms with Gasteiger partial charge < -0.3 is 4.42 Å². The van der Waals surface area contributed by atoms with Crippen molar-refractivity contribution in [1.29, 1.82) is 0 Å². The Morgan fingerprint density at radius 1 is 1.47 bits per heavy atom.